The van der Waals surface area contributed by atoms with Gasteiger partial charge in [-0.05, 0) is 48.7 Å². The van der Waals surface area contributed by atoms with Crippen LogP contribution in [0.1, 0.15) is 24.1 Å². The summed E-state index contributed by atoms with van der Waals surface area (Å²) in [6.07, 6.45) is 0.613. The Kier molecular flexibility index (Phi) is 5.49. The molecule has 2 aromatic rings. The van der Waals surface area contributed by atoms with Crippen molar-refractivity contribution in [1.82, 2.24) is 4.90 Å². The minimum absolute atomic E-state index is 0.133. The van der Waals surface area contributed by atoms with Gasteiger partial charge in [0.05, 0.1) is 11.6 Å². The van der Waals surface area contributed by atoms with Gasteiger partial charge >= 0.3 is 0 Å². The van der Waals surface area contributed by atoms with E-state index in [0.717, 1.165) is 15.6 Å². The van der Waals surface area contributed by atoms with Crippen molar-refractivity contribution in [2.24, 2.45) is 0 Å². The summed E-state index contributed by atoms with van der Waals surface area (Å²) in [5.74, 6) is -1.30. The van der Waals surface area contributed by atoms with Crippen LogP contribution in [0, 0.1) is 0 Å². The lowest BCUT2D eigenvalue weighted by Gasteiger charge is -2.26. The molecule has 1 unspecified atom stereocenters. The summed E-state index contributed by atoms with van der Waals surface area (Å²) in [7, 11) is 0. The quantitative estimate of drug-likeness (QED) is 0.746. The molecule has 0 aromatic heterocycles. The number of rotatable bonds is 5. The van der Waals surface area contributed by atoms with Crippen LogP contribution >= 0.6 is 27.5 Å². The number of benzene rings is 2. The fraction of sp³-hybridized carbons (Fsp3) is 0.200. The van der Waals surface area contributed by atoms with Crippen molar-refractivity contribution in [2.45, 2.75) is 19.4 Å². The number of hydrogen-bond acceptors (Lipinski definition) is 3. The molecule has 6 heteroatoms. The fourth-order valence-corrected chi connectivity index (χ4v) is 3.53. The van der Waals surface area contributed by atoms with Gasteiger partial charge in [-0.15, -0.1) is 0 Å². The highest BCUT2D eigenvalue weighted by Gasteiger charge is 2.41. The van der Waals surface area contributed by atoms with Crippen LogP contribution < -0.4 is 0 Å². The van der Waals surface area contributed by atoms with Gasteiger partial charge in [0.15, 0.2) is 11.5 Å². The van der Waals surface area contributed by atoms with Crippen LogP contribution in [-0.4, -0.2) is 28.2 Å². The zero-order chi connectivity index (χ0) is 18.8. The second kappa shape index (κ2) is 7.64. The first kappa shape index (κ1) is 18.7. The minimum atomic E-state index is -0.604. The van der Waals surface area contributed by atoms with E-state index in [1.807, 2.05) is 24.3 Å². The second-order valence-corrected chi connectivity index (χ2v) is 7.50. The molecule has 1 amide bonds. The van der Waals surface area contributed by atoms with Gasteiger partial charge in [0.1, 0.15) is 0 Å². The average molecular weight is 435 g/mol. The summed E-state index contributed by atoms with van der Waals surface area (Å²) >= 11 is 9.35. The predicted octanol–water partition coefficient (Wildman–Crippen LogP) is 4.63. The largest absolute Gasteiger partial charge is 0.503 e. The second-order valence-electron chi connectivity index (χ2n) is 6.15. The average Bonchev–Trinajstić information content (AvgIpc) is 2.86. The van der Waals surface area contributed by atoms with Gasteiger partial charge in [-0.2, -0.15) is 0 Å². The highest BCUT2D eigenvalue weighted by atomic mass is 79.9. The molecule has 1 heterocycles. The van der Waals surface area contributed by atoms with Crippen molar-refractivity contribution < 1.29 is 14.7 Å². The van der Waals surface area contributed by atoms with E-state index in [0.29, 0.717) is 18.0 Å². The maximum absolute atomic E-state index is 12.6. The normalized spacial score (nSPS) is 17.1. The van der Waals surface area contributed by atoms with E-state index in [1.165, 1.54) is 11.8 Å². The van der Waals surface area contributed by atoms with Crippen molar-refractivity contribution in [2.75, 3.05) is 6.54 Å². The molecule has 0 aliphatic carbocycles. The lowest BCUT2D eigenvalue weighted by molar-refractivity contribution is -0.129. The van der Waals surface area contributed by atoms with E-state index >= 15 is 0 Å². The predicted molar refractivity (Wildman–Crippen MR) is 104 cm³/mol. The van der Waals surface area contributed by atoms with Gasteiger partial charge in [0, 0.05) is 16.0 Å². The molecule has 0 fully saturated rings. The van der Waals surface area contributed by atoms with Crippen LogP contribution in [0.5, 0.6) is 0 Å². The number of amides is 1. The molecule has 0 saturated heterocycles. The molecule has 134 valence electrons. The maximum atomic E-state index is 12.6. The number of hydrogen-bond donors (Lipinski definition) is 1. The lowest BCUT2D eigenvalue weighted by atomic mass is 9.96. The zero-order valence-electron chi connectivity index (χ0n) is 14.1. The molecule has 3 rings (SSSR count). The standard InChI is InChI=1S/C20H17BrClNO3/c1-12(24)17-18(14-4-8-16(22)9-5-14)23(20(26)19(17)25)11-10-13-2-6-15(21)7-3-13/h2-9,18,25H,10-11H2,1H3. The van der Waals surface area contributed by atoms with Crippen molar-refractivity contribution in [1.29, 1.82) is 0 Å². The summed E-state index contributed by atoms with van der Waals surface area (Å²) in [5.41, 5.74) is 1.94. The van der Waals surface area contributed by atoms with E-state index < -0.39 is 17.7 Å². The summed E-state index contributed by atoms with van der Waals surface area (Å²) < 4.78 is 0.982. The molecule has 2 aromatic carbocycles. The van der Waals surface area contributed by atoms with Gasteiger partial charge in [-0.3, -0.25) is 9.59 Å². The van der Waals surface area contributed by atoms with Gasteiger partial charge < -0.3 is 10.0 Å². The number of carbonyl (C=O) groups is 2. The summed E-state index contributed by atoms with van der Waals surface area (Å²) in [5, 5.41) is 10.8. The molecule has 1 atom stereocenters. The Bertz CT molecular complexity index is 875. The van der Waals surface area contributed by atoms with Crippen LogP contribution in [0.4, 0.5) is 0 Å². The van der Waals surface area contributed by atoms with Crippen molar-refractivity contribution >= 4 is 39.2 Å². The topological polar surface area (TPSA) is 57.6 Å². The van der Waals surface area contributed by atoms with Crippen LogP contribution in [0.3, 0.4) is 0 Å². The number of ketones is 1. The van der Waals surface area contributed by atoms with E-state index in [-0.39, 0.29) is 11.4 Å². The summed E-state index contributed by atoms with van der Waals surface area (Å²) in [4.78, 5) is 26.2. The van der Waals surface area contributed by atoms with Crippen LogP contribution in [-0.2, 0) is 16.0 Å². The molecule has 0 spiro atoms. The SMILES string of the molecule is CC(=O)C1=C(O)C(=O)N(CCc2ccc(Br)cc2)C1c1ccc(Cl)cc1. The molecule has 0 bridgehead atoms. The molecule has 4 nitrogen and oxygen atoms in total. The molecular formula is C20H17BrClNO3. The third kappa shape index (κ3) is 3.69. The molecule has 1 aliphatic rings. The lowest BCUT2D eigenvalue weighted by Crippen LogP contribution is -2.32. The molecule has 1 N–H and O–H groups in total. The van der Waals surface area contributed by atoms with Crippen molar-refractivity contribution in [3.05, 3.63) is 80.5 Å². The Morgan fingerprint density at radius 1 is 1.15 bits per heavy atom. The summed E-state index contributed by atoms with van der Waals surface area (Å²) in [6.45, 7) is 1.74. The first-order valence-corrected chi connectivity index (χ1v) is 9.30. The molecular weight excluding hydrogens is 418 g/mol. The Labute approximate surface area is 165 Å². The molecule has 0 saturated carbocycles. The Morgan fingerprint density at radius 2 is 1.77 bits per heavy atom. The monoisotopic (exact) mass is 433 g/mol. The highest BCUT2D eigenvalue weighted by Crippen LogP contribution is 2.38. The van der Waals surface area contributed by atoms with Crippen LogP contribution in [0.15, 0.2) is 64.3 Å². The third-order valence-electron chi connectivity index (χ3n) is 4.42. The van der Waals surface area contributed by atoms with Gasteiger partial charge in [-0.1, -0.05) is 51.8 Å². The van der Waals surface area contributed by atoms with Gasteiger partial charge in [-0.25, -0.2) is 0 Å². The van der Waals surface area contributed by atoms with Crippen LogP contribution in [0.25, 0.3) is 0 Å². The highest BCUT2D eigenvalue weighted by molar-refractivity contribution is 9.10. The number of nitrogens with zero attached hydrogens (tertiary/aromatic N) is 1. The Balaban J connectivity index is 1.91. The van der Waals surface area contributed by atoms with Crippen molar-refractivity contribution in [3.8, 4) is 0 Å². The fourth-order valence-electron chi connectivity index (χ4n) is 3.14. The molecule has 26 heavy (non-hydrogen) atoms. The number of halogens is 2. The van der Waals surface area contributed by atoms with Crippen molar-refractivity contribution in [3.63, 3.8) is 0 Å². The number of Topliss-reactive ketones (excluding diaryl/α,β-unsaturated/α-hetero) is 1. The summed E-state index contributed by atoms with van der Waals surface area (Å²) in [6, 6.07) is 14.2. The minimum Gasteiger partial charge on any atom is -0.503 e. The maximum Gasteiger partial charge on any atom is 0.290 e. The number of carbonyl (C=O) groups excluding carboxylic acids is 2. The van der Waals surface area contributed by atoms with E-state index in [4.69, 9.17) is 11.6 Å². The number of aliphatic hydroxyl groups is 1. The van der Waals surface area contributed by atoms with E-state index in [2.05, 4.69) is 15.9 Å². The van der Waals surface area contributed by atoms with Gasteiger partial charge in [0.2, 0.25) is 0 Å². The number of aliphatic hydroxyl groups excluding tert-OH is 1. The van der Waals surface area contributed by atoms with E-state index in [1.54, 1.807) is 24.3 Å². The first-order chi connectivity index (χ1) is 12.4. The van der Waals surface area contributed by atoms with Gasteiger partial charge in [0.25, 0.3) is 5.91 Å². The smallest absolute Gasteiger partial charge is 0.290 e. The van der Waals surface area contributed by atoms with E-state index in [9.17, 15) is 14.7 Å². The molecule has 1 aliphatic heterocycles. The third-order valence-corrected chi connectivity index (χ3v) is 5.20. The van der Waals surface area contributed by atoms with Crippen LogP contribution in [0.2, 0.25) is 5.02 Å². The molecule has 0 radical (unpaired) electrons. The first-order valence-electron chi connectivity index (χ1n) is 8.13. The zero-order valence-corrected chi connectivity index (χ0v) is 16.4. The Hall–Kier alpha value is -2.11. The Morgan fingerprint density at radius 3 is 2.35 bits per heavy atom.